The number of benzene rings is 2. The monoisotopic (exact) mass is 300 g/mol. The second kappa shape index (κ2) is 7.73. The van der Waals surface area contributed by atoms with Gasteiger partial charge in [-0.1, -0.05) is 30.3 Å². The number of methoxy groups -OCH3 is 3. The highest BCUT2D eigenvalue weighted by atomic mass is 16.7. The molecule has 0 aliphatic heterocycles. The molecule has 2 rings (SSSR count). The molecule has 0 aliphatic rings. The first-order valence-corrected chi connectivity index (χ1v) is 7.00. The minimum Gasteiger partial charge on any atom is -0.497 e. The Morgan fingerprint density at radius 1 is 0.864 bits per heavy atom. The second-order valence-electron chi connectivity index (χ2n) is 4.82. The highest BCUT2D eigenvalue weighted by Gasteiger charge is 2.30. The molecule has 0 spiro atoms. The van der Waals surface area contributed by atoms with Gasteiger partial charge in [0.05, 0.1) is 13.0 Å². The Labute approximate surface area is 130 Å². The summed E-state index contributed by atoms with van der Waals surface area (Å²) in [5.41, 5.74) is 1.45. The zero-order chi connectivity index (χ0) is 15.9. The average Bonchev–Trinajstić information content (AvgIpc) is 2.60. The van der Waals surface area contributed by atoms with Crippen LogP contribution in [0.15, 0.2) is 54.6 Å². The molecule has 22 heavy (non-hydrogen) atoms. The van der Waals surface area contributed by atoms with Crippen molar-refractivity contribution in [3.63, 3.8) is 0 Å². The van der Waals surface area contributed by atoms with Crippen molar-refractivity contribution >= 4 is 5.78 Å². The van der Waals surface area contributed by atoms with Gasteiger partial charge < -0.3 is 14.2 Å². The summed E-state index contributed by atoms with van der Waals surface area (Å²) in [6, 6.07) is 16.5. The molecule has 0 bridgehead atoms. The molecule has 0 amide bonds. The number of rotatable bonds is 7. The van der Waals surface area contributed by atoms with Crippen LogP contribution in [-0.4, -0.2) is 33.4 Å². The van der Waals surface area contributed by atoms with Gasteiger partial charge in [-0.05, 0) is 29.8 Å². The summed E-state index contributed by atoms with van der Waals surface area (Å²) in [6.07, 6.45) is -0.642. The van der Waals surface area contributed by atoms with Gasteiger partial charge in [0, 0.05) is 19.8 Å². The molecule has 0 unspecified atom stereocenters. The van der Waals surface area contributed by atoms with Crippen LogP contribution in [0.5, 0.6) is 5.75 Å². The SMILES string of the molecule is COc1ccc(C(=O)[C@@H](c2ccccc2)C(OC)OC)cc1. The molecule has 0 fully saturated rings. The van der Waals surface area contributed by atoms with Crippen molar-refractivity contribution in [1.82, 2.24) is 0 Å². The summed E-state index contributed by atoms with van der Waals surface area (Å²) in [6.45, 7) is 0. The van der Waals surface area contributed by atoms with E-state index < -0.39 is 12.2 Å². The Bertz CT molecular complexity index is 588. The lowest BCUT2D eigenvalue weighted by Crippen LogP contribution is -2.29. The fraction of sp³-hybridized carbons (Fsp3) is 0.278. The molecule has 2 aromatic carbocycles. The maximum absolute atomic E-state index is 12.9. The highest BCUT2D eigenvalue weighted by molar-refractivity contribution is 6.01. The standard InChI is InChI=1S/C18H20O4/c1-20-15-11-9-14(10-12-15)17(19)16(18(21-2)22-3)13-7-5-4-6-8-13/h4-12,16,18H,1-3H3/t16-/m1/s1. The van der Waals surface area contributed by atoms with E-state index in [9.17, 15) is 4.79 Å². The topological polar surface area (TPSA) is 44.8 Å². The Morgan fingerprint density at radius 3 is 1.95 bits per heavy atom. The minimum atomic E-state index is -0.642. The molecule has 0 heterocycles. The molecule has 0 aromatic heterocycles. The Morgan fingerprint density at radius 2 is 1.45 bits per heavy atom. The van der Waals surface area contributed by atoms with Crippen molar-refractivity contribution in [2.45, 2.75) is 12.2 Å². The lowest BCUT2D eigenvalue weighted by Gasteiger charge is -2.24. The van der Waals surface area contributed by atoms with Crippen molar-refractivity contribution < 1.29 is 19.0 Å². The molecule has 0 radical (unpaired) electrons. The molecule has 0 N–H and O–H groups in total. The predicted molar refractivity (Wildman–Crippen MR) is 84.3 cm³/mol. The summed E-state index contributed by atoms with van der Waals surface area (Å²) in [5, 5.41) is 0. The van der Waals surface area contributed by atoms with Crippen molar-refractivity contribution in [1.29, 1.82) is 0 Å². The molecule has 116 valence electrons. The number of carbonyl (C=O) groups excluding carboxylic acids is 1. The van der Waals surface area contributed by atoms with Gasteiger partial charge in [0.25, 0.3) is 0 Å². The molecular formula is C18H20O4. The highest BCUT2D eigenvalue weighted by Crippen LogP contribution is 2.27. The van der Waals surface area contributed by atoms with Crippen molar-refractivity contribution in [3.8, 4) is 5.75 Å². The van der Waals surface area contributed by atoms with Gasteiger partial charge in [-0.3, -0.25) is 4.79 Å². The first-order chi connectivity index (χ1) is 10.7. The van der Waals surface area contributed by atoms with E-state index in [2.05, 4.69) is 0 Å². The van der Waals surface area contributed by atoms with Crippen molar-refractivity contribution in [3.05, 3.63) is 65.7 Å². The van der Waals surface area contributed by atoms with E-state index in [1.807, 2.05) is 30.3 Å². The summed E-state index contributed by atoms with van der Waals surface area (Å²) < 4.78 is 15.8. The maximum Gasteiger partial charge on any atom is 0.175 e. The van der Waals surface area contributed by atoms with Crippen LogP contribution in [0.2, 0.25) is 0 Å². The van der Waals surface area contributed by atoms with E-state index in [0.717, 1.165) is 5.56 Å². The Hall–Kier alpha value is -2.17. The van der Waals surface area contributed by atoms with Crippen molar-refractivity contribution in [2.24, 2.45) is 0 Å². The van der Waals surface area contributed by atoms with Crippen LogP contribution in [0.4, 0.5) is 0 Å². The van der Waals surface area contributed by atoms with E-state index in [-0.39, 0.29) is 5.78 Å². The number of ketones is 1. The fourth-order valence-corrected chi connectivity index (χ4v) is 2.40. The molecule has 2 aromatic rings. The summed E-state index contributed by atoms with van der Waals surface area (Å²) in [4.78, 5) is 12.9. The van der Waals surface area contributed by atoms with Crippen molar-refractivity contribution in [2.75, 3.05) is 21.3 Å². The Kier molecular flexibility index (Phi) is 5.69. The lowest BCUT2D eigenvalue weighted by atomic mass is 9.90. The van der Waals surface area contributed by atoms with E-state index in [1.165, 1.54) is 14.2 Å². The van der Waals surface area contributed by atoms with Crippen LogP contribution in [-0.2, 0) is 9.47 Å². The minimum absolute atomic E-state index is 0.0532. The van der Waals surface area contributed by atoms with E-state index in [0.29, 0.717) is 11.3 Å². The maximum atomic E-state index is 12.9. The van der Waals surface area contributed by atoms with Crippen LogP contribution in [0.25, 0.3) is 0 Å². The van der Waals surface area contributed by atoms with Crippen LogP contribution in [0.3, 0.4) is 0 Å². The average molecular weight is 300 g/mol. The first kappa shape index (κ1) is 16.2. The third-order valence-corrected chi connectivity index (χ3v) is 3.55. The van der Waals surface area contributed by atoms with Gasteiger partial charge in [0.15, 0.2) is 12.1 Å². The van der Waals surface area contributed by atoms with Crippen LogP contribution >= 0.6 is 0 Å². The zero-order valence-electron chi connectivity index (χ0n) is 13.0. The molecule has 0 saturated heterocycles. The molecular weight excluding hydrogens is 280 g/mol. The van der Waals surface area contributed by atoms with Gasteiger partial charge >= 0.3 is 0 Å². The van der Waals surface area contributed by atoms with Gasteiger partial charge in [-0.25, -0.2) is 0 Å². The predicted octanol–water partition coefficient (Wildman–Crippen LogP) is 3.28. The van der Waals surface area contributed by atoms with E-state index in [4.69, 9.17) is 14.2 Å². The third-order valence-electron chi connectivity index (χ3n) is 3.55. The smallest absolute Gasteiger partial charge is 0.175 e. The van der Waals surface area contributed by atoms with Gasteiger partial charge in [0.1, 0.15) is 5.75 Å². The van der Waals surface area contributed by atoms with E-state index >= 15 is 0 Å². The number of carbonyl (C=O) groups is 1. The molecule has 4 nitrogen and oxygen atoms in total. The van der Waals surface area contributed by atoms with Crippen LogP contribution < -0.4 is 4.74 Å². The molecule has 0 aliphatic carbocycles. The molecule has 4 heteroatoms. The lowest BCUT2D eigenvalue weighted by molar-refractivity contribution is -0.110. The fourth-order valence-electron chi connectivity index (χ4n) is 2.40. The quantitative estimate of drug-likeness (QED) is 0.581. The number of Topliss-reactive ketones (excluding diaryl/α,β-unsaturated/α-hetero) is 1. The largest absolute Gasteiger partial charge is 0.497 e. The summed E-state index contributed by atoms with van der Waals surface area (Å²) in [5.74, 6) is 0.134. The second-order valence-corrected chi connectivity index (χ2v) is 4.82. The van der Waals surface area contributed by atoms with Crippen LogP contribution in [0.1, 0.15) is 21.8 Å². The van der Waals surface area contributed by atoms with Crippen LogP contribution in [0, 0.1) is 0 Å². The van der Waals surface area contributed by atoms with Gasteiger partial charge in [0.2, 0.25) is 0 Å². The summed E-state index contributed by atoms with van der Waals surface area (Å²) in [7, 11) is 4.66. The van der Waals surface area contributed by atoms with Gasteiger partial charge in [-0.15, -0.1) is 0 Å². The molecule has 1 atom stereocenters. The van der Waals surface area contributed by atoms with Gasteiger partial charge in [-0.2, -0.15) is 0 Å². The Balaban J connectivity index is 2.37. The zero-order valence-corrected chi connectivity index (χ0v) is 13.0. The number of hydrogen-bond donors (Lipinski definition) is 0. The summed E-state index contributed by atoms with van der Waals surface area (Å²) >= 11 is 0. The first-order valence-electron chi connectivity index (χ1n) is 7.00. The third kappa shape index (κ3) is 3.53. The molecule has 0 saturated carbocycles. The number of hydrogen-bond acceptors (Lipinski definition) is 4. The normalized spacial score (nSPS) is 12.2. The number of ether oxygens (including phenoxy) is 3. The van der Waals surface area contributed by atoms with E-state index in [1.54, 1.807) is 31.4 Å².